The molecular formula is C14H18N2O5. The molecule has 2 amide bonds. The molecule has 0 atom stereocenters. The zero-order valence-corrected chi connectivity index (χ0v) is 11.6. The molecule has 2 N–H and O–H groups in total. The predicted molar refractivity (Wildman–Crippen MR) is 74.3 cm³/mol. The van der Waals surface area contributed by atoms with Crippen LogP contribution in [0.4, 0.5) is 0 Å². The summed E-state index contributed by atoms with van der Waals surface area (Å²) in [5.74, 6) is 0.369. The normalized spacial score (nSPS) is 17.9. The third-order valence-electron chi connectivity index (χ3n) is 2.70. The summed E-state index contributed by atoms with van der Waals surface area (Å²) in [4.78, 5) is 23.2. The van der Waals surface area contributed by atoms with Crippen LogP contribution in [0.1, 0.15) is 0 Å². The Morgan fingerprint density at radius 1 is 0.810 bits per heavy atom. The first kappa shape index (κ1) is 15.1. The Morgan fingerprint density at radius 2 is 1.29 bits per heavy atom. The molecule has 0 aliphatic carbocycles. The molecule has 0 fully saturated rings. The molecule has 7 heteroatoms. The van der Waals surface area contributed by atoms with Gasteiger partial charge in [0.05, 0.1) is 13.2 Å². The lowest BCUT2D eigenvalue weighted by Crippen LogP contribution is -2.33. The van der Waals surface area contributed by atoms with Crippen LogP contribution >= 0.6 is 0 Å². The van der Waals surface area contributed by atoms with Crippen molar-refractivity contribution in [2.45, 2.75) is 0 Å². The molecule has 21 heavy (non-hydrogen) atoms. The number of carbonyl (C=O) groups is 2. The molecule has 1 aromatic carbocycles. The van der Waals surface area contributed by atoms with Crippen LogP contribution in [0, 0.1) is 0 Å². The van der Waals surface area contributed by atoms with E-state index in [-0.39, 0.29) is 25.0 Å². The van der Waals surface area contributed by atoms with Gasteiger partial charge in [0.1, 0.15) is 0 Å². The van der Waals surface area contributed by atoms with E-state index in [1.54, 1.807) is 24.3 Å². The fourth-order valence-electron chi connectivity index (χ4n) is 1.70. The Kier molecular flexibility index (Phi) is 5.83. The van der Waals surface area contributed by atoms with Gasteiger partial charge < -0.3 is 24.8 Å². The second-order valence-corrected chi connectivity index (χ2v) is 4.34. The summed E-state index contributed by atoms with van der Waals surface area (Å²) >= 11 is 0. The number of benzene rings is 1. The summed E-state index contributed by atoms with van der Waals surface area (Å²) in [5, 5.41) is 5.35. The molecule has 2 rings (SSSR count). The fraction of sp³-hybridized carbons (Fsp3) is 0.429. The lowest BCUT2D eigenvalue weighted by atomic mass is 10.3. The molecule has 0 saturated carbocycles. The topological polar surface area (TPSA) is 85.9 Å². The van der Waals surface area contributed by atoms with Crippen molar-refractivity contribution in [2.24, 2.45) is 0 Å². The van der Waals surface area contributed by atoms with Gasteiger partial charge in [-0.25, -0.2) is 0 Å². The number of para-hydroxylation sites is 2. The largest absolute Gasteiger partial charge is 0.480 e. The maximum atomic E-state index is 11.6. The summed E-state index contributed by atoms with van der Waals surface area (Å²) in [6.45, 7) is 1.32. The number of nitrogens with one attached hydrogen (secondary N) is 2. The average molecular weight is 294 g/mol. The van der Waals surface area contributed by atoms with Crippen LogP contribution in [0.2, 0.25) is 0 Å². The van der Waals surface area contributed by atoms with Gasteiger partial charge in [-0.05, 0) is 12.1 Å². The molecular weight excluding hydrogens is 276 g/mol. The van der Waals surface area contributed by atoms with Crippen LogP contribution in [-0.4, -0.2) is 51.3 Å². The Morgan fingerprint density at radius 3 is 1.76 bits per heavy atom. The van der Waals surface area contributed by atoms with Crippen LogP contribution in [0.5, 0.6) is 11.5 Å². The van der Waals surface area contributed by atoms with Crippen molar-refractivity contribution in [3.8, 4) is 11.5 Å². The third kappa shape index (κ3) is 5.31. The van der Waals surface area contributed by atoms with Gasteiger partial charge in [0, 0.05) is 13.1 Å². The van der Waals surface area contributed by atoms with Gasteiger partial charge >= 0.3 is 0 Å². The van der Waals surface area contributed by atoms with Gasteiger partial charge in [-0.2, -0.15) is 0 Å². The van der Waals surface area contributed by atoms with Crippen molar-refractivity contribution in [3.63, 3.8) is 0 Å². The second-order valence-electron chi connectivity index (χ2n) is 4.34. The highest BCUT2D eigenvalue weighted by atomic mass is 16.5. The molecule has 0 spiro atoms. The molecule has 114 valence electrons. The van der Waals surface area contributed by atoms with E-state index in [2.05, 4.69) is 10.6 Å². The Balaban J connectivity index is 2.02. The molecule has 0 aromatic heterocycles. The van der Waals surface area contributed by atoms with Gasteiger partial charge in [0.2, 0.25) is 0 Å². The van der Waals surface area contributed by atoms with E-state index in [1.807, 2.05) is 0 Å². The minimum Gasteiger partial charge on any atom is -0.480 e. The molecule has 0 saturated heterocycles. The number of rotatable bonds is 0. The minimum absolute atomic E-state index is 0.118. The second kappa shape index (κ2) is 8.11. The summed E-state index contributed by atoms with van der Waals surface area (Å²) in [6.07, 6.45) is 0. The van der Waals surface area contributed by atoms with Gasteiger partial charge in [-0.15, -0.1) is 0 Å². The van der Waals surface area contributed by atoms with E-state index in [0.717, 1.165) is 0 Å². The first-order chi connectivity index (χ1) is 10.3. The average Bonchev–Trinajstić information content (AvgIpc) is 2.50. The van der Waals surface area contributed by atoms with Crippen molar-refractivity contribution in [1.29, 1.82) is 0 Å². The summed E-state index contributed by atoms with van der Waals surface area (Å²) < 4.78 is 16.1. The maximum Gasteiger partial charge on any atom is 0.258 e. The number of carbonyl (C=O) groups excluding carboxylic acids is 2. The van der Waals surface area contributed by atoms with E-state index in [4.69, 9.17) is 14.2 Å². The highest BCUT2D eigenvalue weighted by Gasteiger charge is 2.10. The van der Waals surface area contributed by atoms with E-state index in [9.17, 15) is 9.59 Å². The van der Waals surface area contributed by atoms with Gasteiger partial charge in [0.15, 0.2) is 24.7 Å². The summed E-state index contributed by atoms with van der Waals surface area (Å²) in [6, 6.07) is 6.90. The standard InChI is InChI=1S/C14H18N2O5/c17-13-9-20-11-3-1-2-4-12(11)21-10-14(18)16-6-8-19-7-5-15-13/h1-4H,5-10H2,(H,15,17)(H,16,18). The van der Waals surface area contributed by atoms with Crippen LogP contribution in [0.15, 0.2) is 24.3 Å². The van der Waals surface area contributed by atoms with Gasteiger partial charge in [-0.3, -0.25) is 9.59 Å². The molecule has 0 unspecified atom stereocenters. The van der Waals surface area contributed by atoms with Crippen LogP contribution in [-0.2, 0) is 14.3 Å². The highest BCUT2D eigenvalue weighted by Crippen LogP contribution is 2.26. The Labute approximate surface area is 122 Å². The van der Waals surface area contributed by atoms with E-state index in [0.29, 0.717) is 37.8 Å². The van der Waals surface area contributed by atoms with Crippen LogP contribution < -0.4 is 20.1 Å². The lowest BCUT2D eigenvalue weighted by Gasteiger charge is -2.12. The summed E-state index contributed by atoms with van der Waals surface area (Å²) in [5.41, 5.74) is 0. The zero-order valence-electron chi connectivity index (χ0n) is 11.6. The zero-order chi connectivity index (χ0) is 14.9. The molecule has 1 heterocycles. The van der Waals surface area contributed by atoms with E-state index in [1.165, 1.54) is 0 Å². The molecule has 0 radical (unpaired) electrons. The SMILES string of the molecule is O=C1COc2ccccc2OCC(=O)NCCOCCN1. The lowest BCUT2D eigenvalue weighted by molar-refractivity contribution is -0.124. The molecule has 1 aliphatic heterocycles. The molecule has 1 aliphatic rings. The number of hydrogen-bond acceptors (Lipinski definition) is 5. The van der Waals surface area contributed by atoms with Crippen molar-refractivity contribution >= 4 is 11.8 Å². The molecule has 7 nitrogen and oxygen atoms in total. The van der Waals surface area contributed by atoms with E-state index < -0.39 is 0 Å². The minimum atomic E-state index is -0.238. The van der Waals surface area contributed by atoms with Crippen molar-refractivity contribution < 1.29 is 23.8 Å². The number of fused-ring (bicyclic) bond motifs is 1. The van der Waals surface area contributed by atoms with Crippen molar-refractivity contribution in [3.05, 3.63) is 24.3 Å². The number of hydrogen-bond donors (Lipinski definition) is 2. The van der Waals surface area contributed by atoms with E-state index >= 15 is 0 Å². The maximum absolute atomic E-state index is 11.6. The first-order valence-electron chi connectivity index (χ1n) is 6.71. The first-order valence-corrected chi connectivity index (χ1v) is 6.71. The Bertz CT molecular complexity index is 449. The Hall–Kier alpha value is -2.28. The smallest absolute Gasteiger partial charge is 0.258 e. The van der Waals surface area contributed by atoms with Gasteiger partial charge in [0.25, 0.3) is 11.8 Å². The van der Waals surface area contributed by atoms with Crippen LogP contribution in [0.25, 0.3) is 0 Å². The highest BCUT2D eigenvalue weighted by molar-refractivity contribution is 5.78. The molecule has 1 aromatic rings. The fourth-order valence-corrected chi connectivity index (χ4v) is 1.70. The summed E-state index contributed by atoms with van der Waals surface area (Å²) in [7, 11) is 0. The van der Waals surface area contributed by atoms with Crippen molar-refractivity contribution in [2.75, 3.05) is 39.5 Å². The quantitative estimate of drug-likeness (QED) is 0.686. The van der Waals surface area contributed by atoms with Crippen LogP contribution in [0.3, 0.4) is 0 Å². The monoisotopic (exact) mass is 294 g/mol. The number of ether oxygens (including phenoxy) is 3. The van der Waals surface area contributed by atoms with Crippen molar-refractivity contribution in [1.82, 2.24) is 10.6 Å². The predicted octanol–water partition coefficient (Wildman–Crippen LogP) is -0.293. The molecule has 0 bridgehead atoms. The third-order valence-corrected chi connectivity index (χ3v) is 2.70. The van der Waals surface area contributed by atoms with Gasteiger partial charge in [-0.1, -0.05) is 12.1 Å². The number of amides is 2.